The van der Waals surface area contributed by atoms with Crippen LogP contribution < -0.4 is 5.32 Å². The molecule has 0 spiro atoms. The van der Waals surface area contributed by atoms with Crippen LogP contribution in [0.2, 0.25) is 0 Å². The second-order valence-electron chi connectivity index (χ2n) is 14.6. The molecular formula is C45H83NO4. The Morgan fingerprint density at radius 1 is 0.500 bits per heavy atom. The predicted molar refractivity (Wildman–Crippen MR) is 217 cm³/mol. The molecule has 5 nitrogen and oxygen atoms in total. The van der Waals surface area contributed by atoms with E-state index in [0.717, 1.165) is 51.4 Å². The fourth-order valence-corrected chi connectivity index (χ4v) is 6.25. The van der Waals surface area contributed by atoms with Crippen molar-refractivity contribution in [2.75, 3.05) is 6.61 Å². The maximum atomic E-state index is 12.4. The fraction of sp³-hybridized carbons (Fsp3) is 0.800. The van der Waals surface area contributed by atoms with Crippen molar-refractivity contribution in [3.8, 4) is 0 Å². The summed E-state index contributed by atoms with van der Waals surface area (Å²) in [6.45, 7) is 4.18. The van der Waals surface area contributed by atoms with Gasteiger partial charge in [-0.1, -0.05) is 178 Å². The first kappa shape index (κ1) is 48.3. The van der Waals surface area contributed by atoms with E-state index in [-0.39, 0.29) is 18.9 Å². The molecule has 0 radical (unpaired) electrons. The van der Waals surface area contributed by atoms with E-state index in [1.165, 1.54) is 128 Å². The second kappa shape index (κ2) is 40.1. The van der Waals surface area contributed by atoms with Crippen LogP contribution in [0.4, 0.5) is 0 Å². The van der Waals surface area contributed by atoms with Gasteiger partial charge < -0.3 is 20.6 Å². The summed E-state index contributed by atoms with van der Waals surface area (Å²) < 4.78 is 0. The fourth-order valence-electron chi connectivity index (χ4n) is 6.25. The van der Waals surface area contributed by atoms with Crippen molar-refractivity contribution in [3.05, 3.63) is 48.6 Å². The zero-order chi connectivity index (χ0) is 36.6. The highest BCUT2D eigenvalue weighted by atomic mass is 16.3. The van der Waals surface area contributed by atoms with Gasteiger partial charge in [-0.2, -0.15) is 0 Å². The van der Waals surface area contributed by atoms with Crippen LogP contribution in [0.5, 0.6) is 0 Å². The van der Waals surface area contributed by atoms with Crippen molar-refractivity contribution in [1.82, 2.24) is 5.32 Å². The van der Waals surface area contributed by atoms with Gasteiger partial charge in [-0.15, -0.1) is 0 Å². The molecule has 292 valence electrons. The molecule has 0 heterocycles. The van der Waals surface area contributed by atoms with E-state index in [4.69, 9.17) is 0 Å². The summed E-state index contributed by atoms with van der Waals surface area (Å²) in [6.07, 6.45) is 51.0. The number of carbonyl (C=O) groups excluding carboxylic acids is 1. The molecule has 0 aromatic carbocycles. The van der Waals surface area contributed by atoms with Gasteiger partial charge in [-0.25, -0.2) is 0 Å². The Bertz CT molecular complexity index is 820. The first-order valence-electron chi connectivity index (χ1n) is 21.4. The van der Waals surface area contributed by atoms with Crippen LogP contribution in [0.3, 0.4) is 0 Å². The molecule has 0 bridgehead atoms. The Morgan fingerprint density at radius 2 is 0.860 bits per heavy atom. The number of carbonyl (C=O) groups is 1. The quantitative estimate of drug-likeness (QED) is 0.0381. The molecule has 0 rings (SSSR count). The summed E-state index contributed by atoms with van der Waals surface area (Å²) in [4.78, 5) is 12.4. The highest BCUT2D eigenvalue weighted by Gasteiger charge is 2.20. The van der Waals surface area contributed by atoms with E-state index < -0.39 is 18.2 Å². The van der Waals surface area contributed by atoms with Crippen LogP contribution in [0.1, 0.15) is 206 Å². The first-order chi connectivity index (χ1) is 24.5. The van der Waals surface area contributed by atoms with Gasteiger partial charge >= 0.3 is 0 Å². The molecule has 3 atom stereocenters. The minimum Gasteiger partial charge on any atom is -0.394 e. The first-order valence-corrected chi connectivity index (χ1v) is 21.4. The van der Waals surface area contributed by atoms with Crippen molar-refractivity contribution in [3.63, 3.8) is 0 Å². The Hall–Kier alpha value is -1.69. The lowest BCUT2D eigenvalue weighted by Gasteiger charge is -2.20. The van der Waals surface area contributed by atoms with Crippen LogP contribution in [-0.2, 0) is 4.79 Å². The summed E-state index contributed by atoms with van der Waals surface area (Å²) in [5.41, 5.74) is 0. The van der Waals surface area contributed by atoms with E-state index >= 15 is 0 Å². The minimum atomic E-state index is -0.964. The third kappa shape index (κ3) is 36.1. The number of unbranched alkanes of at least 4 members (excludes halogenated alkanes) is 23. The van der Waals surface area contributed by atoms with Crippen molar-refractivity contribution in [1.29, 1.82) is 0 Å². The standard InChI is InChI=1S/C45H83NO4/c1-3-5-7-9-11-13-15-17-19-21-22-23-25-27-29-31-33-35-37-39-44(49)43(41-47)46-45(50)40-42(48)38-36-34-32-30-28-26-24-20-18-16-14-12-10-8-6-4-2/h22-23,26,28-29,31,37,39,42-44,47-49H,3-21,24-25,27,30,32-36,38,40-41H2,1-2H3,(H,46,50)/b23-22+,28-26-,31-29+,39-37+. The number of aliphatic hydroxyl groups is 3. The minimum absolute atomic E-state index is 0.00911. The molecule has 0 aromatic rings. The van der Waals surface area contributed by atoms with Crippen molar-refractivity contribution in [2.24, 2.45) is 0 Å². The molecule has 0 aliphatic carbocycles. The van der Waals surface area contributed by atoms with E-state index in [2.05, 4.69) is 55.6 Å². The monoisotopic (exact) mass is 702 g/mol. The Balaban J connectivity index is 3.79. The molecule has 1 amide bonds. The van der Waals surface area contributed by atoms with E-state index in [1.54, 1.807) is 6.08 Å². The Morgan fingerprint density at radius 3 is 1.28 bits per heavy atom. The van der Waals surface area contributed by atoms with E-state index in [0.29, 0.717) is 6.42 Å². The SMILES string of the molecule is CCCCCCCCCCC/C=C\CCCCCC(O)CC(=O)NC(CO)C(O)/C=C/CC/C=C/CC/C=C/CCCCCCCCCCC. The molecule has 5 heteroatoms. The molecule has 50 heavy (non-hydrogen) atoms. The number of nitrogens with one attached hydrogen (secondary N) is 1. The lowest BCUT2D eigenvalue weighted by atomic mass is 10.0. The van der Waals surface area contributed by atoms with E-state index in [1.807, 2.05) is 6.08 Å². The lowest BCUT2D eigenvalue weighted by Crippen LogP contribution is -2.45. The number of allylic oxidation sites excluding steroid dienone is 7. The summed E-state index contributed by atoms with van der Waals surface area (Å²) in [6, 6.07) is -0.772. The third-order valence-corrected chi connectivity index (χ3v) is 9.57. The average molecular weight is 702 g/mol. The van der Waals surface area contributed by atoms with Gasteiger partial charge in [-0.05, 0) is 70.6 Å². The second-order valence-corrected chi connectivity index (χ2v) is 14.6. The van der Waals surface area contributed by atoms with Gasteiger partial charge in [0.25, 0.3) is 0 Å². The summed E-state index contributed by atoms with van der Waals surface area (Å²) in [5.74, 6) is -0.339. The average Bonchev–Trinajstić information content (AvgIpc) is 3.11. The number of aliphatic hydroxyl groups excluding tert-OH is 3. The maximum Gasteiger partial charge on any atom is 0.222 e. The summed E-state index contributed by atoms with van der Waals surface area (Å²) in [5, 5.41) is 33.1. The van der Waals surface area contributed by atoms with Crippen LogP contribution in [0.15, 0.2) is 48.6 Å². The number of hydrogen-bond donors (Lipinski definition) is 4. The highest BCUT2D eigenvalue weighted by molar-refractivity contribution is 5.76. The normalized spacial score (nSPS) is 14.1. The van der Waals surface area contributed by atoms with Crippen molar-refractivity contribution >= 4 is 5.91 Å². The zero-order valence-electron chi connectivity index (χ0n) is 33.0. The van der Waals surface area contributed by atoms with Gasteiger partial charge in [0.05, 0.1) is 31.3 Å². The largest absolute Gasteiger partial charge is 0.394 e. The number of amides is 1. The topological polar surface area (TPSA) is 89.8 Å². The molecule has 3 unspecified atom stereocenters. The molecule has 0 aliphatic rings. The Kier molecular flexibility index (Phi) is 38.7. The molecule has 0 aliphatic heterocycles. The molecule has 0 saturated heterocycles. The molecule has 0 aromatic heterocycles. The highest BCUT2D eigenvalue weighted by Crippen LogP contribution is 2.13. The third-order valence-electron chi connectivity index (χ3n) is 9.57. The van der Waals surface area contributed by atoms with Gasteiger partial charge in [0, 0.05) is 0 Å². The van der Waals surface area contributed by atoms with Gasteiger partial charge in [0.2, 0.25) is 5.91 Å². The Labute approximate surface area is 310 Å². The summed E-state index contributed by atoms with van der Waals surface area (Å²) >= 11 is 0. The van der Waals surface area contributed by atoms with E-state index in [9.17, 15) is 20.1 Å². The predicted octanol–water partition coefficient (Wildman–Crippen LogP) is 12.2. The summed E-state index contributed by atoms with van der Waals surface area (Å²) in [7, 11) is 0. The van der Waals surface area contributed by atoms with Crippen LogP contribution in [-0.4, -0.2) is 46.1 Å². The zero-order valence-corrected chi connectivity index (χ0v) is 33.0. The van der Waals surface area contributed by atoms with Crippen LogP contribution in [0.25, 0.3) is 0 Å². The number of hydrogen-bond acceptors (Lipinski definition) is 4. The molecule has 0 saturated carbocycles. The maximum absolute atomic E-state index is 12.4. The lowest BCUT2D eigenvalue weighted by molar-refractivity contribution is -0.124. The van der Waals surface area contributed by atoms with Gasteiger partial charge in [0.1, 0.15) is 0 Å². The molecular weight excluding hydrogens is 618 g/mol. The van der Waals surface area contributed by atoms with Crippen molar-refractivity contribution in [2.45, 2.75) is 225 Å². The molecule has 4 N–H and O–H groups in total. The smallest absolute Gasteiger partial charge is 0.222 e. The van der Waals surface area contributed by atoms with Gasteiger partial charge in [0.15, 0.2) is 0 Å². The van der Waals surface area contributed by atoms with Crippen LogP contribution in [0, 0.1) is 0 Å². The van der Waals surface area contributed by atoms with Crippen molar-refractivity contribution < 1.29 is 20.1 Å². The molecule has 0 fully saturated rings. The van der Waals surface area contributed by atoms with Gasteiger partial charge in [-0.3, -0.25) is 4.79 Å². The number of rotatable bonds is 38. The van der Waals surface area contributed by atoms with Crippen LogP contribution >= 0.6 is 0 Å².